The molecule has 2 heterocycles. The average Bonchev–Trinajstić information content (AvgIpc) is 4.19. The third-order valence-corrected chi connectivity index (χ3v) is 16.3. The van der Waals surface area contributed by atoms with Crippen LogP contribution in [-0.2, 0) is 10.8 Å². The smallest absolute Gasteiger partial charge is 0.103 e. The Morgan fingerprint density at radius 2 is 0.716 bits per heavy atom. The van der Waals surface area contributed by atoms with E-state index in [2.05, 4.69) is 270 Å². The van der Waals surface area contributed by atoms with E-state index < -0.39 is 10.8 Å². The van der Waals surface area contributed by atoms with Crippen molar-refractivity contribution in [2.24, 2.45) is 0 Å². The van der Waals surface area contributed by atoms with Crippen LogP contribution in [0, 0.1) is 22.7 Å². The van der Waals surface area contributed by atoms with E-state index in [0.29, 0.717) is 16.8 Å². The second-order valence-electron chi connectivity index (χ2n) is 19.6. The van der Waals surface area contributed by atoms with Crippen molar-refractivity contribution in [2.75, 3.05) is 0 Å². The molecule has 13 aromatic rings. The van der Waals surface area contributed by atoms with Crippen LogP contribution in [0.25, 0.3) is 77.2 Å². The number of hydrogen-bond acceptors (Lipinski definition) is 2. The van der Waals surface area contributed by atoms with Crippen LogP contribution < -0.4 is 0 Å². The minimum Gasteiger partial charge on any atom is -0.308 e. The first-order chi connectivity index (χ1) is 36.7. The van der Waals surface area contributed by atoms with Crippen molar-refractivity contribution in [3.05, 3.63) is 310 Å². The number of rotatable bonds is 6. The van der Waals surface area contributed by atoms with Gasteiger partial charge in [-0.1, -0.05) is 231 Å². The molecule has 0 saturated carbocycles. The fourth-order valence-electron chi connectivity index (χ4n) is 13.6. The molecule has 342 valence electrons. The number of nitriles is 2. The monoisotopic (exact) mass is 938 g/mol. The zero-order valence-corrected chi connectivity index (χ0v) is 40.0. The quantitative estimate of drug-likeness (QED) is 0.167. The maximum atomic E-state index is 11.5. The summed E-state index contributed by atoms with van der Waals surface area (Å²) >= 11 is 0. The number of hydrogen-bond donors (Lipinski definition) is 0. The Morgan fingerprint density at radius 3 is 1.16 bits per heavy atom. The van der Waals surface area contributed by atoms with Gasteiger partial charge in [0.2, 0.25) is 0 Å². The lowest BCUT2D eigenvalue weighted by Crippen LogP contribution is -2.28. The van der Waals surface area contributed by atoms with Gasteiger partial charge in [0.05, 0.1) is 49.7 Å². The van der Waals surface area contributed by atoms with Gasteiger partial charge in [-0.2, -0.15) is 10.5 Å². The van der Waals surface area contributed by atoms with E-state index in [-0.39, 0.29) is 0 Å². The van der Waals surface area contributed by atoms with Crippen LogP contribution in [0.15, 0.2) is 255 Å². The molecule has 11 aromatic carbocycles. The molecule has 4 nitrogen and oxygen atoms in total. The van der Waals surface area contributed by atoms with E-state index in [9.17, 15) is 10.5 Å². The summed E-state index contributed by atoms with van der Waals surface area (Å²) in [6.45, 7) is 0. The summed E-state index contributed by atoms with van der Waals surface area (Å²) in [6, 6.07) is 96.8. The molecule has 0 amide bonds. The van der Waals surface area contributed by atoms with E-state index in [0.717, 1.165) is 71.6 Å². The Balaban J connectivity index is 1.09. The second kappa shape index (κ2) is 15.8. The third-order valence-electron chi connectivity index (χ3n) is 16.3. The Labute approximate surface area is 428 Å². The third kappa shape index (κ3) is 5.33. The maximum Gasteiger partial charge on any atom is 0.103 e. The molecule has 0 fully saturated rings. The normalized spacial score (nSPS) is 13.6. The van der Waals surface area contributed by atoms with Crippen LogP contribution in [-0.4, -0.2) is 9.13 Å². The van der Waals surface area contributed by atoms with Crippen LogP contribution in [0.1, 0.15) is 55.6 Å². The molecule has 0 spiro atoms. The van der Waals surface area contributed by atoms with E-state index in [1.54, 1.807) is 0 Å². The predicted octanol–water partition coefficient (Wildman–Crippen LogP) is 16.4. The van der Waals surface area contributed by atoms with Crippen LogP contribution >= 0.6 is 0 Å². The van der Waals surface area contributed by atoms with E-state index in [4.69, 9.17) is 0 Å². The standard InChI is InChI=1S/C70H42N4/c71-43-45-41-50(73-62-35-19-15-29-51(62)53-37-39-60-65(67(53)73)55-31-13-17-33-58(55)69(60,46-21-5-1-6-22-46)47-23-7-2-8-24-47)42-64(57(45)44-72)74-63-36-20-16-30-52(63)54-38-40-61-66(68(54)74)56-32-14-18-34-59(56)70(61,48-25-9-3-10-26-48)49-27-11-4-12-28-49/h1-42H. The fourth-order valence-corrected chi connectivity index (χ4v) is 13.6. The highest BCUT2D eigenvalue weighted by atomic mass is 15.0. The average molecular weight is 939 g/mol. The van der Waals surface area contributed by atoms with E-state index >= 15 is 0 Å². The molecule has 0 N–H and O–H groups in total. The topological polar surface area (TPSA) is 57.4 Å². The first-order valence-electron chi connectivity index (χ1n) is 25.2. The SMILES string of the molecule is N#Cc1cc(-n2c3ccccc3c3ccc4c(c32)-c2ccccc2C4(c2ccccc2)c2ccccc2)cc(-n2c3ccccc3c3ccc4c(c32)-c2ccccc2C4(c2ccccc2)c2ccccc2)c1C#N. The van der Waals surface area contributed by atoms with Crippen LogP contribution in [0.4, 0.5) is 0 Å². The Kier molecular flexibility index (Phi) is 8.89. The number of para-hydroxylation sites is 2. The summed E-state index contributed by atoms with van der Waals surface area (Å²) in [5, 5.41) is 27.2. The van der Waals surface area contributed by atoms with E-state index in [1.807, 2.05) is 6.07 Å². The second-order valence-corrected chi connectivity index (χ2v) is 19.6. The highest BCUT2D eigenvalue weighted by Gasteiger charge is 2.49. The van der Waals surface area contributed by atoms with Crippen LogP contribution in [0.5, 0.6) is 0 Å². The summed E-state index contributed by atoms with van der Waals surface area (Å²) in [5.74, 6) is 0. The summed E-state index contributed by atoms with van der Waals surface area (Å²) < 4.78 is 4.65. The molecule has 2 aliphatic rings. The molecule has 0 unspecified atom stereocenters. The van der Waals surface area contributed by atoms with Gasteiger partial charge in [0.25, 0.3) is 0 Å². The van der Waals surface area contributed by atoms with Gasteiger partial charge >= 0.3 is 0 Å². The van der Waals surface area contributed by atoms with E-state index in [1.165, 1.54) is 44.5 Å². The zero-order chi connectivity index (χ0) is 49.1. The predicted molar refractivity (Wildman–Crippen MR) is 299 cm³/mol. The Morgan fingerprint density at radius 1 is 0.324 bits per heavy atom. The van der Waals surface area contributed by atoms with Crippen molar-refractivity contribution in [3.8, 4) is 45.8 Å². The minimum atomic E-state index is -0.643. The maximum absolute atomic E-state index is 11.5. The van der Waals surface area contributed by atoms with Crippen molar-refractivity contribution in [1.29, 1.82) is 10.5 Å². The molecule has 0 saturated heterocycles. The van der Waals surface area contributed by atoms with Crippen molar-refractivity contribution in [3.63, 3.8) is 0 Å². The number of fused-ring (bicyclic) bond motifs is 14. The Hall–Kier alpha value is -10.0. The molecular weight excluding hydrogens is 897 g/mol. The fraction of sp³-hybridized carbons (Fsp3) is 0.0286. The lowest BCUT2D eigenvalue weighted by atomic mass is 9.67. The van der Waals surface area contributed by atoms with Gasteiger partial charge in [0, 0.05) is 38.4 Å². The lowest BCUT2D eigenvalue weighted by molar-refractivity contribution is 0.769. The molecule has 0 radical (unpaired) electrons. The zero-order valence-electron chi connectivity index (χ0n) is 40.0. The molecule has 2 aliphatic carbocycles. The first-order valence-corrected chi connectivity index (χ1v) is 25.2. The van der Waals surface area contributed by atoms with Gasteiger partial charge in [0.15, 0.2) is 0 Å². The first kappa shape index (κ1) is 41.8. The lowest BCUT2D eigenvalue weighted by Gasteiger charge is -2.33. The minimum absolute atomic E-state index is 0.309. The van der Waals surface area contributed by atoms with Gasteiger partial charge in [-0.05, 0) is 79.9 Å². The van der Waals surface area contributed by atoms with Crippen molar-refractivity contribution < 1.29 is 0 Å². The molecule has 15 rings (SSSR count). The molecule has 74 heavy (non-hydrogen) atoms. The summed E-state index contributed by atoms with van der Waals surface area (Å²) in [7, 11) is 0. The molecule has 4 heteroatoms. The van der Waals surface area contributed by atoms with Gasteiger partial charge in [-0.3, -0.25) is 0 Å². The number of aromatic nitrogens is 2. The summed E-state index contributed by atoms with van der Waals surface area (Å²) in [4.78, 5) is 0. The molecule has 0 aliphatic heterocycles. The molecule has 0 bridgehead atoms. The van der Waals surface area contributed by atoms with Crippen LogP contribution in [0.3, 0.4) is 0 Å². The Bertz CT molecular complexity index is 4470. The van der Waals surface area contributed by atoms with Crippen molar-refractivity contribution in [2.45, 2.75) is 10.8 Å². The van der Waals surface area contributed by atoms with Gasteiger partial charge in [-0.15, -0.1) is 0 Å². The molecular formula is C70H42N4. The molecule has 2 aromatic heterocycles. The van der Waals surface area contributed by atoms with Crippen molar-refractivity contribution >= 4 is 43.6 Å². The summed E-state index contributed by atoms with van der Waals surface area (Å²) in [6.07, 6.45) is 0. The highest BCUT2D eigenvalue weighted by Crippen LogP contribution is 2.61. The number of benzene rings is 11. The molecule has 0 atom stereocenters. The highest BCUT2D eigenvalue weighted by molar-refractivity contribution is 6.18. The van der Waals surface area contributed by atoms with Gasteiger partial charge < -0.3 is 9.13 Å². The van der Waals surface area contributed by atoms with Gasteiger partial charge in [-0.25, -0.2) is 0 Å². The van der Waals surface area contributed by atoms with Gasteiger partial charge in [0.1, 0.15) is 12.1 Å². The van der Waals surface area contributed by atoms with Crippen molar-refractivity contribution in [1.82, 2.24) is 9.13 Å². The largest absolute Gasteiger partial charge is 0.308 e. The number of nitrogens with zero attached hydrogens (tertiary/aromatic N) is 4. The summed E-state index contributed by atoms with van der Waals surface area (Å²) in [5.41, 5.74) is 18.9. The van der Waals surface area contributed by atoms with Crippen LogP contribution in [0.2, 0.25) is 0 Å².